The Morgan fingerprint density at radius 2 is 1.38 bits per heavy atom. The highest BCUT2D eigenvalue weighted by atomic mass is 32.2. The van der Waals surface area contributed by atoms with Gasteiger partial charge < -0.3 is 23.1 Å². The van der Waals surface area contributed by atoms with Gasteiger partial charge in [0.1, 0.15) is 38.2 Å². The van der Waals surface area contributed by atoms with Crippen molar-refractivity contribution in [2.24, 2.45) is 0 Å². The lowest BCUT2D eigenvalue weighted by molar-refractivity contribution is -0.104. The standard InChI is InChI=1S/C35H46N4O12S2/c1-24-21-27(47-19-12-20-48-39(33(41)50-35(5,6)7)31(36)37-32(40)49-34(2,3)4)23-28(22-24)51-53(44,45)30-14-11-10-13-29(30)52(42,43)38(8)25-15-17-26(46-9)18-16-25/h10-11,13-18,21-23H,12,19-20H2,1-9H3,(H2,36,37,40). The van der Waals surface area contributed by atoms with Gasteiger partial charge in [-0.05, 0) is 103 Å². The minimum Gasteiger partial charge on any atom is -0.497 e. The monoisotopic (exact) mass is 778 g/mol. The number of nitrogens with zero attached hydrogens (tertiary/aromatic N) is 2. The molecule has 0 aliphatic heterocycles. The highest BCUT2D eigenvalue weighted by Gasteiger charge is 2.32. The Morgan fingerprint density at radius 3 is 1.96 bits per heavy atom. The van der Waals surface area contributed by atoms with Gasteiger partial charge >= 0.3 is 22.3 Å². The molecule has 0 radical (unpaired) electrons. The number of anilines is 1. The van der Waals surface area contributed by atoms with E-state index < -0.39 is 59.3 Å². The molecule has 18 heteroatoms. The number of rotatable bonds is 13. The summed E-state index contributed by atoms with van der Waals surface area (Å²) in [6, 6.07) is 15.7. The second kappa shape index (κ2) is 17.2. The second-order valence-corrected chi connectivity index (χ2v) is 16.9. The fourth-order valence-corrected chi connectivity index (χ4v) is 7.22. The first kappa shape index (κ1) is 42.3. The summed E-state index contributed by atoms with van der Waals surface area (Å²) in [7, 11) is -6.27. The number of guanidine groups is 1. The van der Waals surface area contributed by atoms with E-state index in [-0.39, 0.29) is 36.8 Å². The molecule has 0 aromatic heterocycles. The average Bonchev–Trinajstić information content (AvgIpc) is 3.03. The summed E-state index contributed by atoms with van der Waals surface area (Å²) >= 11 is 0. The van der Waals surface area contributed by atoms with Crippen molar-refractivity contribution < 1.29 is 54.4 Å². The Bertz CT molecular complexity index is 1990. The SMILES string of the molecule is COc1ccc(N(C)S(=O)(=O)c2ccccc2S(=O)(=O)Oc2cc(C)cc(OCCCON(C(=N)NC(=O)OC(C)(C)C)C(=O)OC(C)(C)C)c2)cc1. The maximum Gasteiger partial charge on any atom is 0.442 e. The molecule has 3 aromatic rings. The molecule has 290 valence electrons. The number of hydroxylamine groups is 2. The number of aryl methyl sites for hydroxylation is 1. The lowest BCUT2D eigenvalue weighted by atomic mass is 10.2. The fraction of sp³-hybridized carbons (Fsp3) is 0.400. The lowest BCUT2D eigenvalue weighted by Crippen LogP contribution is -2.49. The number of amides is 2. The normalized spacial score (nSPS) is 11.9. The van der Waals surface area contributed by atoms with E-state index in [4.69, 9.17) is 33.4 Å². The highest BCUT2D eigenvalue weighted by molar-refractivity contribution is 7.94. The van der Waals surface area contributed by atoms with Gasteiger partial charge in [0, 0.05) is 19.5 Å². The number of ether oxygens (including phenoxy) is 4. The third kappa shape index (κ3) is 12.5. The zero-order valence-corrected chi connectivity index (χ0v) is 32.7. The summed E-state index contributed by atoms with van der Waals surface area (Å²) < 4.78 is 82.1. The first-order valence-electron chi connectivity index (χ1n) is 16.2. The third-order valence-corrected chi connectivity index (χ3v) is 9.86. The van der Waals surface area contributed by atoms with Crippen molar-refractivity contribution in [2.75, 3.05) is 31.7 Å². The van der Waals surface area contributed by atoms with E-state index in [1.807, 2.05) is 0 Å². The van der Waals surface area contributed by atoms with Crippen LogP contribution in [0.5, 0.6) is 17.2 Å². The van der Waals surface area contributed by atoms with E-state index in [0.29, 0.717) is 16.4 Å². The van der Waals surface area contributed by atoms with Gasteiger partial charge in [0.15, 0.2) is 0 Å². The topological polar surface area (TPSA) is 200 Å². The molecule has 0 aliphatic rings. The number of carbonyl (C=O) groups is 2. The van der Waals surface area contributed by atoms with Gasteiger partial charge in [-0.2, -0.15) is 8.42 Å². The van der Waals surface area contributed by atoms with Crippen molar-refractivity contribution in [1.29, 1.82) is 5.41 Å². The number of alkyl carbamates (subject to hydrolysis) is 1. The maximum absolute atomic E-state index is 13.6. The molecule has 0 heterocycles. The Morgan fingerprint density at radius 1 is 0.792 bits per heavy atom. The minimum atomic E-state index is -4.68. The largest absolute Gasteiger partial charge is 0.497 e. The van der Waals surface area contributed by atoms with E-state index in [9.17, 15) is 26.4 Å². The molecule has 0 unspecified atom stereocenters. The number of carbonyl (C=O) groups excluding carboxylic acids is 2. The molecule has 0 fully saturated rings. The third-order valence-electron chi connectivity index (χ3n) is 6.58. The minimum absolute atomic E-state index is 0.00337. The molecule has 0 saturated carbocycles. The zero-order chi connectivity index (χ0) is 39.8. The van der Waals surface area contributed by atoms with Crippen LogP contribution in [0.3, 0.4) is 0 Å². The predicted molar refractivity (Wildman–Crippen MR) is 195 cm³/mol. The van der Waals surface area contributed by atoms with Gasteiger partial charge in [-0.1, -0.05) is 12.1 Å². The summed E-state index contributed by atoms with van der Waals surface area (Å²) in [5.41, 5.74) is -0.943. The van der Waals surface area contributed by atoms with E-state index in [1.165, 1.54) is 56.6 Å². The van der Waals surface area contributed by atoms with Gasteiger partial charge in [-0.25, -0.2) is 18.0 Å². The van der Waals surface area contributed by atoms with Crippen molar-refractivity contribution in [3.63, 3.8) is 0 Å². The summed E-state index contributed by atoms with van der Waals surface area (Å²) in [5, 5.41) is 10.8. The van der Waals surface area contributed by atoms with E-state index in [1.54, 1.807) is 66.7 Å². The van der Waals surface area contributed by atoms with Crippen LogP contribution in [0.2, 0.25) is 0 Å². The van der Waals surface area contributed by atoms with Crippen LogP contribution in [0.4, 0.5) is 15.3 Å². The van der Waals surface area contributed by atoms with Crippen molar-refractivity contribution in [3.05, 3.63) is 72.3 Å². The van der Waals surface area contributed by atoms with Crippen LogP contribution in [0, 0.1) is 12.3 Å². The fourth-order valence-electron chi connectivity index (χ4n) is 4.33. The van der Waals surface area contributed by atoms with E-state index in [2.05, 4.69) is 5.32 Å². The Labute approximate surface area is 310 Å². The van der Waals surface area contributed by atoms with Gasteiger partial charge in [-0.3, -0.25) is 19.9 Å². The molecule has 16 nitrogen and oxygen atoms in total. The van der Waals surface area contributed by atoms with Crippen molar-refractivity contribution in [1.82, 2.24) is 10.4 Å². The van der Waals surface area contributed by atoms with Crippen LogP contribution < -0.4 is 23.3 Å². The van der Waals surface area contributed by atoms with Crippen LogP contribution in [0.1, 0.15) is 53.5 Å². The molecule has 0 aliphatic carbocycles. The molecule has 0 bridgehead atoms. The number of hydrogen-bond acceptors (Lipinski definition) is 13. The predicted octanol–water partition coefficient (Wildman–Crippen LogP) is 5.99. The summed E-state index contributed by atoms with van der Waals surface area (Å²) in [4.78, 5) is 29.3. The lowest BCUT2D eigenvalue weighted by Gasteiger charge is -2.27. The second-order valence-electron chi connectivity index (χ2n) is 13.4. The first-order valence-corrected chi connectivity index (χ1v) is 19.0. The van der Waals surface area contributed by atoms with Crippen molar-refractivity contribution in [3.8, 4) is 17.2 Å². The quantitative estimate of drug-likeness (QED) is 0.0676. The molecule has 0 spiro atoms. The molecular formula is C35H46N4O12S2. The van der Waals surface area contributed by atoms with Crippen LogP contribution in [-0.4, -0.2) is 78.6 Å². The Balaban J connectivity index is 1.71. The molecular weight excluding hydrogens is 733 g/mol. The van der Waals surface area contributed by atoms with Crippen LogP contribution in [0.25, 0.3) is 0 Å². The maximum atomic E-state index is 13.6. The number of methoxy groups -OCH3 is 1. The Kier molecular flexibility index (Phi) is 13.7. The molecule has 53 heavy (non-hydrogen) atoms. The van der Waals surface area contributed by atoms with Gasteiger partial charge in [0.2, 0.25) is 5.96 Å². The summed E-state index contributed by atoms with van der Waals surface area (Å²) in [5.74, 6) is -0.136. The van der Waals surface area contributed by atoms with Crippen LogP contribution >= 0.6 is 0 Å². The number of sulfonamides is 1. The zero-order valence-electron chi connectivity index (χ0n) is 31.1. The van der Waals surface area contributed by atoms with Gasteiger partial charge in [-0.15, -0.1) is 5.06 Å². The van der Waals surface area contributed by atoms with E-state index in [0.717, 1.165) is 10.4 Å². The first-order chi connectivity index (χ1) is 24.5. The molecule has 2 amide bonds. The average molecular weight is 779 g/mol. The van der Waals surface area contributed by atoms with Gasteiger partial charge in [0.25, 0.3) is 10.0 Å². The smallest absolute Gasteiger partial charge is 0.442 e. The number of benzene rings is 3. The number of hydrogen-bond donors (Lipinski definition) is 2. The summed E-state index contributed by atoms with van der Waals surface area (Å²) in [6.45, 7) is 11.3. The van der Waals surface area contributed by atoms with Gasteiger partial charge in [0.05, 0.1) is 26.0 Å². The molecule has 0 atom stereocenters. The number of nitrogens with one attached hydrogen (secondary N) is 2. The van der Waals surface area contributed by atoms with E-state index >= 15 is 0 Å². The molecule has 3 aromatic carbocycles. The molecule has 0 saturated heterocycles. The van der Waals surface area contributed by atoms with Crippen molar-refractivity contribution >= 4 is 44.0 Å². The molecule has 2 N–H and O–H groups in total. The van der Waals surface area contributed by atoms with Crippen LogP contribution in [0.15, 0.2) is 76.5 Å². The van der Waals surface area contributed by atoms with Crippen LogP contribution in [-0.2, 0) is 34.5 Å². The summed E-state index contributed by atoms with van der Waals surface area (Å²) in [6.07, 6.45) is -1.87. The molecule has 3 rings (SSSR count). The van der Waals surface area contributed by atoms with Crippen molar-refractivity contribution in [2.45, 2.75) is 75.9 Å². The Hall–Kier alpha value is -5.07. The highest BCUT2D eigenvalue weighted by Crippen LogP contribution is 2.31.